The van der Waals surface area contributed by atoms with Crippen LogP contribution in [0, 0.1) is 6.07 Å². The summed E-state index contributed by atoms with van der Waals surface area (Å²) in [5.41, 5.74) is 3.70. The second-order valence-corrected chi connectivity index (χ2v) is 9.10. The van der Waals surface area contributed by atoms with Gasteiger partial charge in [-0.3, -0.25) is 14.8 Å². The van der Waals surface area contributed by atoms with Crippen LogP contribution in [0.25, 0.3) is 11.4 Å². The average molecular weight is 644 g/mol. The number of hydrogen-bond donors (Lipinski definition) is 0. The zero-order valence-electron chi connectivity index (χ0n) is 19.8. The molecule has 0 radical (unpaired) electrons. The van der Waals surface area contributed by atoms with E-state index in [0.717, 1.165) is 17.0 Å². The molecule has 0 aliphatic carbocycles. The normalized spacial score (nSPS) is 12.7. The molecule has 0 bridgehead atoms. The zero-order valence-corrected chi connectivity index (χ0v) is 22.3. The molecule has 0 atom stereocenters. The first-order valence-corrected chi connectivity index (χ1v) is 12.8. The van der Waals surface area contributed by atoms with Crippen molar-refractivity contribution in [1.82, 2.24) is 9.97 Å². The number of aromatic nitrogens is 2. The first-order chi connectivity index (χ1) is 17.2. The van der Waals surface area contributed by atoms with E-state index in [1.165, 1.54) is 0 Å². The molecule has 38 heavy (non-hydrogen) atoms. The number of rotatable bonds is 5. The van der Waals surface area contributed by atoms with E-state index in [-0.39, 0.29) is 26.2 Å². The number of hydrogen-bond acceptors (Lipinski definition) is 4. The minimum atomic E-state index is -10.7. The van der Waals surface area contributed by atoms with E-state index in [1.54, 1.807) is 30.6 Å². The Balaban J connectivity index is 0.000000312. The minimum Gasteiger partial charge on any atom is -0.255 e. The molecule has 204 valence electrons. The summed E-state index contributed by atoms with van der Waals surface area (Å²) in [4.78, 5) is 25.1. The Morgan fingerprint density at radius 1 is 0.763 bits per heavy atom. The Labute approximate surface area is 229 Å². The molecule has 0 aliphatic heterocycles. The number of nitrogens with zero attached hydrogens (tertiary/aromatic N) is 3. The van der Waals surface area contributed by atoms with Gasteiger partial charge in [0.2, 0.25) is 0 Å². The van der Waals surface area contributed by atoms with Crippen molar-refractivity contribution < 1.29 is 50.4 Å². The van der Waals surface area contributed by atoms with Crippen LogP contribution < -0.4 is 0 Å². The molecular formula is C26H22F6N3OPPd. The summed E-state index contributed by atoms with van der Waals surface area (Å²) in [7, 11) is -10.7. The van der Waals surface area contributed by atoms with Crippen LogP contribution in [0.1, 0.15) is 22.8 Å². The molecule has 0 amide bonds. The Kier molecular flexibility index (Phi) is 11.7. The van der Waals surface area contributed by atoms with Gasteiger partial charge in [0.1, 0.15) is 0 Å². The SMILES string of the molecule is CCN=C(C(=O)c1ccccc1)c1[c-]cccc1.F[P-](F)(F)(F)(F)F.[Pd+2].c1ccc(-c2ccccn2)nc1. The van der Waals surface area contributed by atoms with E-state index in [0.29, 0.717) is 17.8 Å². The van der Waals surface area contributed by atoms with Crippen molar-refractivity contribution in [2.45, 2.75) is 6.92 Å². The summed E-state index contributed by atoms with van der Waals surface area (Å²) < 4.78 is 59.2. The molecule has 0 N–H and O–H groups in total. The number of benzene rings is 2. The molecule has 0 saturated carbocycles. The van der Waals surface area contributed by atoms with E-state index in [9.17, 15) is 30.0 Å². The molecule has 4 nitrogen and oxygen atoms in total. The number of carbonyl (C=O) groups is 1. The number of ketones is 1. The van der Waals surface area contributed by atoms with Crippen LogP contribution in [-0.2, 0) is 20.4 Å². The maximum Gasteiger partial charge on any atom is 2.00 e. The van der Waals surface area contributed by atoms with E-state index >= 15 is 0 Å². The maximum atomic E-state index is 12.4. The van der Waals surface area contributed by atoms with Gasteiger partial charge < -0.3 is 4.99 Å². The quantitative estimate of drug-likeness (QED) is 0.0546. The molecule has 2 aromatic heterocycles. The summed E-state index contributed by atoms with van der Waals surface area (Å²) in [6, 6.07) is 31.3. The predicted octanol–water partition coefficient (Wildman–Crippen LogP) is 8.70. The number of pyridine rings is 2. The van der Waals surface area contributed by atoms with Crippen LogP contribution in [0.2, 0.25) is 0 Å². The topological polar surface area (TPSA) is 55.2 Å². The van der Waals surface area contributed by atoms with E-state index in [4.69, 9.17) is 0 Å². The Bertz CT molecular complexity index is 1250. The van der Waals surface area contributed by atoms with Crippen molar-refractivity contribution >= 4 is 19.3 Å². The molecule has 0 aliphatic rings. The molecule has 0 unspecified atom stereocenters. The van der Waals surface area contributed by atoms with Crippen LogP contribution in [0.15, 0.2) is 108 Å². The van der Waals surface area contributed by atoms with Crippen LogP contribution in [0.3, 0.4) is 0 Å². The molecule has 0 saturated heterocycles. The molecular weight excluding hydrogens is 622 g/mol. The third-order valence-corrected chi connectivity index (χ3v) is 4.12. The van der Waals surface area contributed by atoms with Crippen LogP contribution in [0.5, 0.6) is 0 Å². The molecule has 0 fully saturated rings. The van der Waals surface area contributed by atoms with Gasteiger partial charge >= 0.3 is 53.4 Å². The summed E-state index contributed by atoms with van der Waals surface area (Å²) in [5.74, 6) is -0.0556. The third-order valence-electron chi connectivity index (χ3n) is 4.12. The molecule has 2 heterocycles. The van der Waals surface area contributed by atoms with E-state index < -0.39 is 7.81 Å². The van der Waals surface area contributed by atoms with Crippen molar-refractivity contribution in [3.63, 3.8) is 0 Å². The van der Waals surface area contributed by atoms with Crippen molar-refractivity contribution in [1.29, 1.82) is 0 Å². The fourth-order valence-electron chi connectivity index (χ4n) is 2.73. The van der Waals surface area contributed by atoms with Gasteiger partial charge in [-0.25, -0.2) is 0 Å². The Morgan fingerprint density at radius 2 is 1.24 bits per heavy atom. The van der Waals surface area contributed by atoms with E-state index in [1.807, 2.05) is 79.7 Å². The Morgan fingerprint density at radius 3 is 1.63 bits per heavy atom. The van der Waals surface area contributed by atoms with Gasteiger partial charge in [-0.05, 0) is 31.2 Å². The van der Waals surface area contributed by atoms with Crippen LogP contribution >= 0.6 is 7.81 Å². The van der Waals surface area contributed by atoms with Crippen molar-refractivity contribution in [2.24, 2.45) is 4.99 Å². The molecule has 12 heteroatoms. The average Bonchev–Trinajstić information content (AvgIpc) is 2.87. The second kappa shape index (κ2) is 13.5. The standard InChI is InChI=1S/C16H14NO.C10H8N2.F6P.Pd/c1-2-17-15(13-9-5-3-6-10-13)16(18)14-11-7-4-8-12-14;1-3-7-11-9(5-1)10-6-2-4-8-12-10;1-7(2,3,4,5)6;/h3-9,11-12H,2H2,1H3;1-8H;;/q-1;;-1;+2. The Hall–Kier alpha value is -3.25. The van der Waals surface area contributed by atoms with Gasteiger partial charge in [-0.1, -0.05) is 42.5 Å². The van der Waals surface area contributed by atoms with Crippen molar-refractivity contribution in [2.75, 3.05) is 6.54 Å². The fourth-order valence-corrected chi connectivity index (χ4v) is 2.73. The molecule has 4 aromatic rings. The van der Waals surface area contributed by atoms with Gasteiger partial charge in [0.25, 0.3) is 0 Å². The van der Waals surface area contributed by atoms with Gasteiger partial charge in [0.15, 0.2) is 5.78 Å². The summed E-state index contributed by atoms with van der Waals surface area (Å²) in [6.45, 7) is 2.50. The summed E-state index contributed by atoms with van der Waals surface area (Å²) in [6.07, 6.45) is 3.54. The third kappa shape index (κ3) is 14.5. The van der Waals surface area contributed by atoms with Gasteiger partial charge in [-0.2, -0.15) is 0 Å². The summed E-state index contributed by atoms with van der Waals surface area (Å²) >= 11 is 0. The van der Waals surface area contributed by atoms with Gasteiger partial charge in [0.05, 0.1) is 11.4 Å². The summed E-state index contributed by atoms with van der Waals surface area (Å²) in [5, 5.41) is 0. The maximum absolute atomic E-state index is 12.4. The second-order valence-electron chi connectivity index (χ2n) is 7.18. The number of carbonyl (C=O) groups excluding carboxylic acids is 1. The van der Waals surface area contributed by atoms with Crippen LogP contribution in [0.4, 0.5) is 25.2 Å². The molecule has 0 spiro atoms. The fraction of sp³-hybridized carbons (Fsp3) is 0.0769. The molecule has 4 rings (SSSR count). The van der Waals surface area contributed by atoms with Crippen molar-refractivity contribution in [3.05, 3.63) is 121 Å². The molecule has 2 aromatic carbocycles. The number of halogens is 6. The minimum absolute atomic E-state index is 0. The number of aliphatic imine (C=N–C) groups is 1. The first-order valence-electron chi connectivity index (χ1n) is 10.7. The van der Waals surface area contributed by atoms with Crippen LogP contribution in [-0.4, -0.2) is 28.0 Å². The van der Waals surface area contributed by atoms with Gasteiger partial charge in [0, 0.05) is 30.2 Å². The van der Waals surface area contributed by atoms with E-state index in [2.05, 4.69) is 21.0 Å². The predicted molar refractivity (Wildman–Crippen MR) is 134 cm³/mol. The van der Waals surface area contributed by atoms with Gasteiger partial charge in [-0.15, -0.1) is 35.9 Å². The number of Topliss-reactive ketones (excluding diaryl/α,β-unsaturated/α-hetero) is 1. The largest absolute Gasteiger partial charge is 2.00 e. The monoisotopic (exact) mass is 643 g/mol. The smallest absolute Gasteiger partial charge is 0.255 e. The first kappa shape index (κ1) is 32.8. The zero-order chi connectivity index (χ0) is 27.4. The van der Waals surface area contributed by atoms with Crippen molar-refractivity contribution in [3.8, 4) is 11.4 Å².